The zero-order valence-electron chi connectivity index (χ0n) is 10.3. The fourth-order valence-corrected chi connectivity index (χ4v) is 3.42. The topological polar surface area (TPSA) is 53.5 Å². The molecule has 3 rings (SSSR count). The minimum Gasteiger partial charge on any atom is -0.342 e. The van der Waals surface area contributed by atoms with Gasteiger partial charge in [0.25, 0.3) is 0 Å². The van der Waals surface area contributed by atoms with Crippen LogP contribution in [-0.2, 0) is 11.2 Å². The van der Waals surface area contributed by atoms with E-state index >= 15 is 0 Å². The third-order valence-electron chi connectivity index (χ3n) is 3.48. The standard InChI is InChI=1S/C12H15N3O2S/c1-14-5-6-15(7-10(14)17)12-13-8-3-2-4-9(16)11(8)18-12/h2-7H2,1H3. The number of anilines is 1. The van der Waals surface area contributed by atoms with Gasteiger partial charge in [-0.15, -0.1) is 0 Å². The van der Waals surface area contributed by atoms with Gasteiger partial charge in [-0.2, -0.15) is 0 Å². The Bertz CT molecular complexity index is 511. The van der Waals surface area contributed by atoms with Gasteiger partial charge in [-0.1, -0.05) is 11.3 Å². The highest BCUT2D eigenvalue weighted by Crippen LogP contribution is 2.32. The van der Waals surface area contributed by atoms with E-state index in [1.54, 1.807) is 4.90 Å². The molecule has 0 saturated carbocycles. The summed E-state index contributed by atoms with van der Waals surface area (Å²) in [5.41, 5.74) is 0.928. The van der Waals surface area contributed by atoms with Crippen LogP contribution in [0.25, 0.3) is 0 Å². The van der Waals surface area contributed by atoms with Crippen molar-refractivity contribution in [2.24, 2.45) is 0 Å². The van der Waals surface area contributed by atoms with Crippen LogP contribution in [0, 0.1) is 0 Å². The number of likely N-dealkylation sites (N-methyl/N-ethyl adjacent to an activating group) is 1. The molecule has 0 spiro atoms. The highest BCUT2D eigenvalue weighted by atomic mass is 32.1. The maximum Gasteiger partial charge on any atom is 0.241 e. The number of amides is 1. The Labute approximate surface area is 109 Å². The molecule has 0 bridgehead atoms. The molecule has 1 aromatic rings. The molecule has 0 N–H and O–H groups in total. The number of hydrogen-bond acceptors (Lipinski definition) is 5. The Kier molecular flexibility index (Phi) is 2.81. The fourth-order valence-electron chi connectivity index (χ4n) is 2.31. The number of fused-ring (bicyclic) bond motifs is 1. The summed E-state index contributed by atoms with van der Waals surface area (Å²) < 4.78 is 0. The SMILES string of the molecule is CN1CCN(c2nc3c(s2)C(=O)CCC3)CC1=O. The van der Waals surface area contributed by atoms with Gasteiger partial charge >= 0.3 is 0 Å². The van der Waals surface area contributed by atoms with Crippen molar-refractivity contribution < 1.29 is 9.59 Å². The lowest BCUT2D eigenvalue weighted by atomic mass is 10.0. The molecule has 0 atom stereocenters. The number of aryl methyl sites for hydroxylation is 1. The molecule has 1 saturated heterocycles. The quantitative estimate of drug-likeness (QED) is 0.758. The van der Waals surface area contributed by atoms with E-state index in [4.69, 9.17) is 0 Å². The second-order valence-electron chi connectivity index (χ2n) is 4.79. The normalized spacial score (nSPS) is 20.3. The number of nitrogens with zero attached hydrogens (tertiary/aromatic N) is 3. The molecule has 5 nitrogen and oxygen atoms in total. The van der Waals surface area contributed by atoms with Crippen LogP contribution in [0.15, 0.2) is 0 Å². The van der Waals surface area contributed by atoms with E-state index in [0.29, 0.717) is 13.0 Å². The van der Waals surface area contributed by atoms with E-state index in [9.17, 15) is 9.59 Å². The zero-order valence-corrected chi connectivity index (χ0v) is 11.1. The molecule has 0 unspecified atom stereocenters. The van der Waals surface area contributed by atoms with E-state index in [2.05, 4.69) is 4.98 Å². The van der Waals surface area contributed by atoms with Gasteiger partial charge in [0.1, 0.15) is 0 Å². The molecule has 2 aliphatic rings. The van der Waals surface area contributed by atoms with Crippen molar-refractivity contribution >= 4 is 28.2 Å². The summed E-state index contributed by atoms with van der Waals surface area (Å²) in [6.07, 6.45) is 2.42. The Balaban J connectivity index is 1.85. The number of piperazine rings is 1. The lowest BCUT2D eigenvalue weighted by molar-refractivity contribution is -0.129. The molecule has 1 amide bonds. The zero-order chi connectivity index (χ0) is 12.7. The van der Waals surface area contributed by atoms with E-state index in [1.165, 1.54) is 11.3 Å². The Hall–Kier alpha value is -1.43. The average molecular weight is 265 g/mol. The summed E-state index contributed by atoms with van der Waals surface area (Å²) in [6.45, 7) is 1.89. The number of thiazole rings is 1. The van der Waals surface area contributed by atoms with E-state index in [-0.39, 0.29) is 11.7 Å². The van der Waals surface area contributed by atoms with Gasteiger partial charge in [0.2, 0.25) is 5.91 Å². The van der Waals surface area contributed by atoms with Crippen molar-refractivity contribution in [3.63, 3.8) is 0 Å². The first kappa shape index (κ1) is 11.6. The van der Waals surface area contributed by atoms with Crippen LogP contribution in [0.3, 0.4) is 0 Å². The Morgan fingerprint density at radius 3 is 2.78 bits per heavy atom. The summed E-state index contributed by atoms with van der Waals surface area (Å²) in [7, 11) is 1.82. The number of ketones is 1. The summed E-state index contributed by atoms with van der Waals surface area (Å²) in [4.78, 5) is 32.5. The first-order valence-corrected chi connectivity index (χ1v) is 6.98. The van der Waals surface area contributed by atoms with Gasteiger partial charge < -0.3 is 9.80 Å². The molecule has 1 aromatic heterocycles. The summed E-state index contributed by atoms with van der Waals surface area (Å²) in [5.74, 6) is 0.321. The average Bonchev–Trinajstić information content (AvgIpc) is 2.78. The minimum absolute atomic E-state index is 0.112. The lowest BCUT2D eigenvalue weighted by Crippen LogP contribution is -2.48. The second kappa shape index (κ2) is 4.35. The fraction of sp³-hybridized carbons (Fsp3) is 0.583. The maximum absolute atomic E-state index is 11.8. The summed E-state index contributed by atoms with van der Waals surface area (Å²) in [6, 6.07) is 0. The van der Waals surface area contributed by atoms with Crippen LogP contribution in [0.1, 0.15) is 28.2 Å². The Morgan fingerprint density at radius 2 is 2.06 bits per heavy atom. The minimum atomic E-state index is 0.112. The first-order chi connectivity index (χ1) is 8.65. The van der Waals surface area contributed by atoms with Crippen molar-refractivity contribution in [1.82, 2.24) is 9.88 Å². The monoisotopic (exact) mass is 265 g/mol. The molecule has 0 radical (unpaired) electrons. The van der Waals surface area contributed by atoms with Gasteiger partial charge in [0.05, 0.1) is 17.1 Å². The van der Waals surface area contributed by atoms with Crippen molar-refractivity contribution in [3.8, 4) is 0 Å². The van der Waals surface area contributed by atoms with Gasteiger partial charge in [-0.05, 0) is 12.8 Å². The molecular weight excluding hydrogens is 250 g/mol. The molecule has 1 fully saturated rings. The molecule has 1 aliphatic carbocycles. The predicted octanol–water partition coefficient (Wildman–Crippen LogP) is 0.941. The number of rotatable bonds is 1. The summed E-state index contributed by atoms with van der Waals surface area (Å²) in [5, 5.41) is 0.830. The molecule has 2 heterocycles. The Morgan fingerprint density at radius 1 is 1.22 bits per heavy atom. The van der Waals surface area contributed by atoms with Crippen molar-refractivity contribution in [1.29, 1.82) is 0 Å². The molecule has 6 heteroatoms. The van der Waals surface area contributed by atoms with Crippen molar-refractivity contribution in [3.05, 3.63) is 10.6 Å². The van der Waals surface area contributed by atoms with E-state index < -0.39 is 0 Å². The van der Waals surface area contributed by atoms with Gasteiger partial charge in [-0.25, -0.2) is 4.98 Å². The third-order valence-corrected chi connectivity index (χ3v) is 4.68. The van der Waals surface area contributed by atoms with E-state index in [1.807, 2.05) is 11.9 Å². The number of carbonyl (C=O) groups is 2. The second-order valence-corrected chi connectivity index (χ2v) is 5.76. The van der Waals surface area contributed by atoms with Gasteiger partial charge in [0, 0.05) is 26.6 Å². The largest absolute Gasteiger partial charge is 0.342 e. The molecule has 18 heavy (non-hydrogen) atoms. The van der Waals surface area contributed by atoms with Crippen molar-refractivity contribution in [2.75, 3.05) is 31.6 Å². The van der Waals surface area contributed by atoms with Crippen LogP contribution in [0.2, 0.25) is 0 Å². The molecule has 96 valence electrons. The number of carbonyl (C=O) groups excluding carboxylic acids is 2. The molecule has 0 aromatic carbocycles. The summed E-state index contributed by atoms with van der Waals surface area (Å²) >= 11 is 1.45. The molecule has 1 aliphatic heterocycles. The van der Waals surface area contributed by atoms with Gasteiger partial charge in [0.15, 0.2) is 10.9 Å². The lowest BCUT2D eigenvalue weighted by Gasteiger charge is -2.31. The van der Waals surface area contributed by atoms with Crippen LogP contribution in [0.4, 0.5) is 5.13 Å². The smallest absolute Gasteiger partial charge is 0.241 e. The highest BCUT2D eigenvalue weighted by Gasteiger charge is 2.27. The third kappa shape index (κ3) is 1.90. The van der Waals surface area contributed by atoms with Crippen LogP contribution in [-0.4, -0.2) is 48.3 Å². The number of hydrogen-bond donors (Lipinski definition) is 0. The highest BCUT2D eigenvalue weighted by molar-refractivity contribution is 7.17. The molecular formula is C12H15N3O2S. The van der Waals surface area contributed by atoms with Crippen LogP contribution < -0.4 is 4.90 Å². The van der Waals surface area contributed by atoms with Crippen molar-refractivity contribution in [2.45, 2.75) is 19.3 Å². The number of aromatic nitrogens is 1. The van der Waals surface area contributed by atoms with Crippen LogP contribution >= 0.6 is 11.3 Å². The predicted molar refractivity (Wildman–Crippen MR) is 69.2 cm³/mol. The van der Waals surface area contributed by atoms with Crippen LogP contribution in [0.5, 0.6) is 0 Å². The number of Topliss-reactive ketones (excluding diaryl/α,β-unsaturated/α-hetero) is 1. The maximum atomic E-state index is 11.8. The first-order valence-electron chi connectivity index (χ1n) is 6.17. The van der Waals surface area contributed by atoms with Gasteiger partial charge in [-0.3, -0.25) is 9.59 Å². The van der Waals surface area contributed by atoms with E-state index in [0.717, 1.165) is 41.6 Å².